The van der Waals surface area contributed by atoms with Gasteiger partial charge in [0.1, 0.15) is 5.75 Å². The highest BCUT2D eigenvalue weighted by Crippen LogP contribution is 2.57. The molecule has 5 N–H and O–H groups in total. The zero-order chi connectivity index (χ0) is 19.2. The highest BCUT2D eigenvalue weighted by atomic mass is 19.4. The fraction of sp³-hybridized carbons (Fsp3) is 0.250. The van der Waals surface area contributed by atoms with Crippen molar-refractivity contribution in [2.75, 3.05) is 11.5 Å². The average molecular weight is 364 g/mol. The number of benzene rings is 2. The van der Waals surface area contributed by atoms with Gasteiger partial charge in [0, 0.05) is 5.69 Å². The maximum Gasteiger partial charge on any atom is 0.411 e. The van der Waals surface area contributed by atoms with Crippen molar-refractivity contribution in [3.63, 3.8) is 0 Å². The van der Waals surface area contributed by atoms with E-state index in [2.05, 4.69) is 0 Å². The predicted molar refractivity (Wildman–Crippen MR) is 81.0 cm³/mol. The van der Waals surface area contributed by atoms with E-state index in [1.165, 1.54) is 6.92 Å². The number of alkyl halides is 6. The van der Waals surface area contributed by atoms with Crippen LogP contribution in [0.25, 0.3) is 0 Å². The van der Waals surface area contributed by atoms with Crippen LogP contribution < -0.4 is 11.5 Å². The number of hydrogen-bond acceptors (Lipinski definition) is 3. The van der Waals surface area contributed by atoms with Gasteiger partial charge in [0.25, 0.3) is 0 Å². The fourth-order valence-corrected chi connectivity index (χ4v) is 2.64. The van der Waals surface area contributed by atoms with Gasteiger partial charge in [0.15, 0.2) is 0 Å². The third-order valence-corrected chi connectivity index (χ3v) is 4.02. The van der Waals surface area contributed by atoms with Gasteiger partial charge < -0.3 is 16.6 Å². The number of aromatic hydroxyl groups is 1. The van der Waals surface area contributed by atoms with Crippen LogP contribution in [0, 0.1) is 6.92 Å². The lowest BCUT2D eigenvalue weighted by Crippen LogP contribution is -2.54. The summed E-state index contributed by atoms with van der Waals surface area (Å²) in [6.07, 6.45) is -11.5. The first-order valence-corrected chi connectivity index (χ1v) is 6.91. The van der Waals surface area contributed by atoms with Gasteiger partial charge in [-0.05, 0) is 41.8 Å². The van der Waals surface area contributed by atoms with Crippen molar-refractivity contribution in [2.45, 2.75) is 24.7 Å². The normalized spacial score (nSPS) is 13.1. The zero-order valence-corrected chi connectivity index (χ0v) is 12.8. The highest BCUT2D eigenvalue weighted by molar-refractivity contribution is 5.59. The van der Waals surface area contributed by atoms with Crippen LogP contribution in [0.1, 0.15) is 16.7 Å². The van der Waals surface area contributed by atoms with Crippen LogP contribution >= 0.6 is 0 Å². The average Bonchev–Trinajstić information content (AvgIpc) is 2.44. The summed E-state index contributed by atoms with van der Waals surface area (Å²) in [5.41, 5.74) is 3.81. The lowest BCUT2D eigenvalue weighted by molar-refractivity contribution is -0.288. The first kappa shape index (κ1) is 18.8. The molecule has 0 spiro atoms. The maximum absolute atomic E-state index is 13.8. The lowest BCUT2D eigenvalue weighted by Gasteiger charge is -2.38. The minimum atomic E-state index is -5.74. The molecule has 136 valence electrons. The molecule has 9 heteroatoms. The van der Waals surface area contributed by atoms with E-state index in [4.69, 9.17) is 11.5 Å². The van der Waals surface area contributed by atoms with Crippen LogP contribution in [-0.2, 0) is 5.41 Å². The van der Waals surface area contributed by atoms with Crippen molar-refractivity contribution in [2.24, 2.45) is 0 Å². The largest absolute Gasteiger partial charge is 0.506 e. The Morgan fingerprint density at radius 3 is 1.60 bits per heavy atom. The molecule has 25 heavy (non-hydrogen) atoms. The van der Waals surface area contributed by atoms with E-state index in [1.54, 1.807) is 0 Å². The van der Waals surface area contributed by atoms with E-state index in [-0.39, 0.29) is 5.69 Å². The number of halogens is 6. The van der Waals surface area contributed by atoms with E-state index < -0.39 is 40.3 Å². The van der Waals surface area contributed by atoms with Crippen LogP contribution in [0.2, 0.25) is 0 Å². The molecule has 0 bridgehead atoms. The van der Waals surface area contributed by atoms with Gasteiger partial charge in [-0.2, -0.15) is 26.3 Å². The molecular weight excluding hydrogens is 350 g/mol. The van der Waals surface area contributed by atoms with Crippen molar-refractivity contribution >= 4 is 11.4 Å². The van der Waals surface area contributed by atoms with Crippen molar-refractivity contribution in [3.8, 4) is 5.75 Å². The van der Waals surface area contributed by atoms with Crippen LogP contribution in [-0.4, -0.2) is 17.5 Å². The Morgan fingerprint density at radius 1 is 0.760 bits per heavy atom. The molecule has 0 saturated carbocycles. The number of aryl methyl sites for hydroxylation is 1. The van der Waals surface area contributed by atoms with E-state index in [0.29, 0.717) is 29.8 Å². The maximum atomic E-state index is 13.8. The quantitative estimate of drug-likeness (QED) is 0.423. The van der Waals surface area contributed by atoms with Crippen LogP contribution in [0.4, 0.5) is 37.7 Å². The predicted octanol–water partition coefficient (Wildman–Crippen LogP) is 4.28. The van der Waals surface area contributed by atoms with Crippen LogP contribution in [0.5, 0.6) is 5.75 Å². The Labute approximate surface area is 138 Å². The van der Waals surface area contributed by atoms with Gasteiger partial charge in [0.2, 0.25) is 5.41 Å². The Morgan fingerprint density at radius 2 is 1.20 bits per heavy atom. The molecule has 0 atom stereocenters. The van der Waals surface area contributed by atoms with Gasteiger partial charge in [-0.1, -0.05) is 18.2 Å². The standard InChI is InChI=1S/C16H14F6N2O/c1-8-2-3-9(6-11(8)23)14(15(17,18)19,16(20,21)22)10-4-5-13(25)12(24)7-10/h2-7,25H,23-24H2,1H3. The Balaban J connectivity index is 2.96. The molecular formula is C16H14F6N2O. The SMILES string of the molecule is Cc1ccc(C(c2ccc(O)c(N)c2)(C(F)(F)F)C(F)(F)F)cc1N. The van der Waals surface area contributed by atoms with Crippen molar-refractivity contribution in [1.82, 2.24) is 0 Å². The minimum Gasteiger partial charge on any atom is -0.506 e. The third-order valence-electron chi connectivity index (χ3n) is 4.02. The van der Waals surface area contributed by atoms with E-state index in [9.17, 15) is 31.4 Å². The monoisotopic (exact) mass is 364 g/mol. The molecule has 0 amide bonds. The number of phenols is 1. The molecule has 0 fully saturated rings. The van der Waals surface area contributed by atoms with Crippen molar-refractivity contribution in [1.29, 1.82) is 0 Å². The molecule has 0 heterocycles. The Bertz CT molecular complexity index is 731. The summed E-state index contributed by atoms with van der Waals surface area (Å²) in [7, 11) is 0. The number of phenolic OH excluding ortho intramolecular Hbond substituents is 1. The number of rotatable bonds is 2. The molecule has 0 radical (unpaired) electrons. The Kier molecular flexibility index (Phi) is 4.31. The number of hydrogen-bond donors (Lipinski definition) is 3. The van der Waals surface area contributed by atoms with E-state index in [0.717, 1.165) is 12.1 Å². The lowest BCUT2D eigenvalue weighted by atomic mass is 9.72. The molecule has 0 aliphatic heterocycles. The van der Waals surface area contributed by atoms with Gasteiger partial charge >= 0.3 is 12.4 Å². The van der Waals surface area contributed by atoms with Gasteiger partial charge in [-0.3, -0.25) is 0 Å². The number of nitrogens with two attached hydrogens (primary N) is 2. The summed E-state index contributed by atoms with van der Waals surface area (Å²) in [6.45, 7) is 1.46. The second-order valence-corrected chi connectivity index (χ2v) is 5.59. The summed E-state index contributed by atoms with van der Waals surface area (Å²) in [5.74, 6) is -0.620. The molecule has 2 aromatic carbocycles. The first-order chi connectivity index (χ1) is 11.3. The summed E-state index contributed by atoms with van der Waals surface area (Å²) >= 11 is 0. The minimum absolute atomic E-state index is 0.206. The number of nitrogen functional groups attached to an aromatic ring is 2. The summed E-state index contributed by atoms with van der Waals surface area (Å²) in [5, 5.41) is 9.36. The second-order valence-electron chi connectivity index (χ2n) is 5.59. The molecule has 0 aromatic heterocycles. The molecule has 0 unspecified atom stereocenters. The second kappa shape index (κ2) is 5.75. The summed E-state index contributed by atoms with van der Waals surface area (Å²) < 4.78 is 83.1. The van der Waals surface area contributed by atoms with Crippen LogP contribution in [0.15, 0.2) is 36.4 Å². The molecule has 0 aliphatic carbocycles. The van der Waals surface area contributed by atoms with E-state index >= 15 is 0 Å². The molecule has 0 saturated heterocycles. The molecule has 2 rings (SSSR count). The number of anilines is 2. The van der Waals surface area contributed by atoms with Gasteiger partial charge in [-0.25, -0.2) is 0 Å². The summed E-state index contributed by atoms with van der Waals surface area (Å²) in [4.78, 5) is 0. The smallest absolute Gasteiger partial charge is 0.411 e. The fourth-order valence-electron chi connectivity index (χ4n) is 2.64. The third kappa shape index (κ3) is 2.83. The molecule has 0 aliphatic rings. The first-order valence-electron chi connectivity index (χ1n) is 6.91. The molecule has 3 nitrogen and oxygen atoms in total. The Hall–Kier alpha value is -2.58. The summed E-state index contributed by atoms with van der Waals surface area (Å²) in [6, 6.07) is 4.17. The topological polar surface area (TPSA) is 72.3 Å². The van der Waals surface area contributed by atoms with E-state index in [1.807, 2.05) is 0 Å². The van der Waals surface area contributed by atoms with Crippen molar-refractivity contribution < 1.29 is 31.4 Å². The van der Waals surface area contributed by atoms with Gasteiger partial charge in [0.05, 0.1) is 5.69 Å². The van der Waals surface area contributed by atoms with Crippen molar-refractivity contribution in [3.05, 3.63) is 53.1 Å². The molecule has 2 aromatic rings. The zero-order valence-electron chi connectivity index (χ0n) is 12.8. The van der Waals surface area contributed by atoms with Crippen LogP contribution in [0.3, 0.4) is 0 Å². The van der Waals surface area contributed by atoms with Gasteiger partial charge in [-0.15, -0.1) is 0 Å². The highest BCUT2D eigenvalue weighted by Gasteiger charge is 2.72.